The summed E-state index contributed by atoms with van der Waals surface area (Å²) in [7, 11) is 0. The molecule has 0 aliphatic rings. The van der Waals surface area contributed by atoms with Gasteiger partial charge in [-0.15, -0.1) is 0 Å². The number of carbonyl (C=O) groups is 1. The molecule has 0 bridgehead atoms. The molecule has 0 radical (unpaired) electrons. The molecule has 0 spiro atoms. The van der Waals surface area contributed by atoms with Crippen LogP contribution in [0.5, 0.6) is 0 Å². The van der Waals surface area contributed by atoms with Gasteiger partial charge >= 0.3 is 5.69 Å². The van der Waals surface area contributed by atoms with E-state index in [2.05, 4.69) is 15.5 Å². The average Bonchev–Trinajstić information content (AvgIpc) is 3.24. The summed E-state index contributed by atoms with van der Waals surface area (Å²) in [5.74, 6) is -0.320. The number of hydrogen-bond donors (Lipinski definition) is 1. The Morgan fingerprint density at radius 2 is 2.04 bits per heavy atom. The van der Waals surface area contributed by atoms with Gasteiger partial charge in [0.15, 0.2) is 5.82 Å². The zero-order chi connectivity index (χ0) is 20.4. The van der Waals surface area contributed by atoms with Crippen LogP contribution in [-0.2, 0) is 11.3 Å². The molecular formula is C16H13Cl3N6O3. The molecule has 2 heterocycles. The molecule has 1 aromatic carbocycles. The summed E-state index contributed by atoms with van der Waals surface area (Å²) in [6.07, 6.45) is 3.79. The van der Waals surface area contributed by atoms with Crippen LogP contribution in [-0.4, -0.2) is 30.4 Å². The van der Waals surface area contributed by atoms with Gasteiger partial charge in [0.05, 0.1) is 11.5 Å². The Hall–Kier alpha value is -2.62. The number of benzene rings is 1. The van der Waals surface area contributed by atoms with Crippen molar-refractivity contribution < 1.29 is 9.72 Å². The van der Waals surface area contributed by atoms with E-state index in [-0.39, 0.29) is 16.5 Å². The lowest BCUT2D eigenvalue weighted by Gasteiger charge is -2.11. The molecule has 146 valence electrons. The first-order valence-corrected chi connectivity index (χ1v) is 9.04. The summed E-state index contributed by atoms with van der Waals surface area (Å²) in [4.78, 5) is 22.6. The summed E-state index contributed by atoms with van der Waals surface area (Å²) in [6.45, 7) is 1.87. The minimum atomic E-state index is -0.805. The molecule has 2 aromatic heterocycles. The Bertz CT molecular complexity index is 1050. The van der Waals surface area contributed by atoms with Gasteiger partial charge in [0, 0.05) is 16.2 Å². The molecule has 0 saturated carbocycles. The third-order valence-electron chi connectivity index (χ3n) is 3.88. The fraction of sp³-hybridized carbons (Fsp3) is 0.188. The highest BCUT2D eigenvalue weighted by molar-refractivity contribution is 6.35. The van der Waals surface area contributed by atoms with Crippen molar-refractivity contribution in [1.29, 1.82) is 0 Å². The zero-order valence-corrected chi connectivity index (χ0v) is 16.6. The molecule has 3 aromatic rings. The zero-order valence-electron chi connectivity index (χ0n) is 14.3. The topological polar surface area (TPSA) is 108 Å². The maximum Gasteiger partial charge on any atom is 0.307 e. The summed E-state index contributed by atoms with van der Waals surface area (Å²) >= 11 is 18.2. The smallest absolute Gasteiger partial charge is 0.306 e. The number of halogens is 3. The van der Waals surface area contributed by atoms with Crippen molar-refractivity contribution in [3.05, 3.63) is 67.5 Å². The molecule has 1 N–H and O–H groups in total. The summed E-state index contributed by atoms with van der Waals surface area (Å²) in [5.41, 5.74) is 0.571. The molecule has 1 unspecified atom stereocenters. The molecule has 3 rings (SSSR count). The fourth-order valence-electron chi connectivity index (χ4n) is 2.36. The summed E-state index contributed by atoms with van der Waals surface area (Å²) in [6, 6.07) is 4.30. The molecule has 0 aliphatic carbocycles. The van der Waals surface area contributed by atoms with Gasteiger partial charge in [-0.3, -0.25) is 24.3 Å². The van der Waals surface area contributed by atoms with Crippen LogP contribution in [0.25, 0.3) is 0 Å². The number of carbonyl (C=O) groups excluding carboxylic acids is 1. The molecule has 0 fully saturated rings. The molecule has 9 nitrogen and oxygen atoms in total. The molecule has 28 heavy (non-hydrogen) atoms. The van der Waals surface area contributed by atoms with Gasteiger partial charge < -0.3 is 5.32 Å². The second-order valence-corrected chi connectivity index (χ2v) is 7.11. The van der Waals surface area contributed by atoms with Gasteiger partial charge in [-0.2, -0.15) is 10.2 Å². The van der Waals surface area contributed by atoms with Gasteiger partial charge in [0.1, 0.15) is 23.5 Å². The normalized spacial score (nSPS) is 12.0. The van der Waals surface area contributed by atoms with Gasteiger partial charge in [-0.05, 0) is 24.6 Å². The van der Waals surface area contributed by atoms with Crippen LogP contribution in [0.3, 0.4) is 0 Å². The van der Waals surface area contributed by atoms with Gasteiger partial charge in [-0.25, -0.2) is 0 Å². The van der Waals surface area contributed by atoms with Crippen molar-refractivity contribution in [2.75, 3.05) is 5.32 Å². The first-order chi connectivity index (χ1) is 13.2. The third kappa shape index (κ3) is 4.44. The number of rotatable bonds is 6. The Kier molecular flexibility index (Phi) is 5.87. The minimum Gasteiger partial charge on any atom is -0.306 e. The first-order valence-electron chi connectivity index (χ1n) is 7.91. The fourth-order valence-corrected chi connectivity index (χ4v) is 3.03. The van der Waals surface area contributed by atoms with Crippen molar-refractivity contribution in [1.82, 2.24) is 19.6 Å². The first kappa shape index (κ1) is 20.1. The van der Waals surface area contributed by atoms with E-state index in [0.717, 1.165) is 11.8 Å². The molecular weight excluding hydrogens is 431 g/mol. The van der Waals surface area contributed by atoms with E-state index in [1.54, 1.807) is 31.3 Å². The van der Waals surface area contributed by atoms with E-state index >= 15 is 0 Å². The quantitative estimate of drug-likeness (QED) is 0.454. The lowest BCUT2D eigenvalue weighted by molar-refractivity contribution is -0.385. The third-order valence-corrected chi connectivity index (χ3v) is 4.74. The maximum absolute atomic E-state index is 12.4. The van der Waals surface area contributed by atoms with E-state index in [0.29, 0.717) is 16.6 Å². The standard InChI is InChI=1S/C16H13Cl3N6O3/c1-9(24-7-12(5-20-24)25(27)28)16(26)21-15-14(19)8-23(22-15)6-10-2-3-11(17)4-13(10)18/h2-5,7-9H,6H2,1H3,(H,21,22,26). The number of anilines is 1. The molecule has 12 heteroatoms. The lowest BCUT2D eigenvalue weighted by Crippen LogP contribution is -2.24. The Balaban J connectivity index is 1.71. The molecule has 1 atom stereocenters. The summed E-state index contributed by atoms with van der Waals surface area (Å²) < 4.78 is 2.71. The van der Waals surface area contributed by atoms with Crippen molar-refractivity contribution in [3.63, 3.8) is 0 Å². The number of nitrogens with zero attached hydrogens (tertiary/aromatic N) is 5. The van der Waals surface area contributed by atoms with Crippen molar-refractivity contribution in [2.45, 2.75) is 19.5 Å². The highest BCUT2D eigenvalue weighted by Crippen LogP contribution is 2.25. The van der Waals surface area contributed by atoms with Crippen LogP contribution < -0.4 is 5.32 Å². The lowest BCUT2D eigenvalue weighted by atomic mass is 10.2. The van der Waals surface area contributed by atoms with E-state index in [1.807, 2.05) is 0 Å². The number of amides is 1. The Morgan fingerprint density at radius 1 is 1.29 bits per heavy atom. The van der Waals surface area contributed by atoms with Gasteiger partial charge in [0.2, 0.25) is 5.91 Å². The van der Waals surface area contributed by atoms with Crippen LogP contribution in [0.2, 0.25) is 15.1 Å². The van der Waals surface area contributed by atoms with E-state index in [9.17, 15) is 14.9 Å². The highest BCUT2D eigenvalue weighted by atomic mass is 35.5. The average molecular weight is 444 g/mol. The molecule has 1 amide bonds. The van der Waals surface area contributed by atoms with Crippen molar-refractivity contribution in [2.24, 2.45) is 0 Å². The van der Waals surface area contributed by atoms with Gasteiger partial charge in [0.25, 0.3) is 0 Å². The molecule has 0 aliphatic heterocycles. The number of nitrogens with one attached hydrogen (secondary N) is 1. The predicted octanol–water partition coefficient (Wildman–Crippen LogP) is 4.20. The number of aromatic nitrogens is 4. The SMILES string of the molecule is CC(C(=O)Nc1nn(Cc2ccc(Cl)cc2Cl)cc1Cl)n1cc([N+](=O)[O-])cn1. The maximum atomic E-state index is 12.4. The second-order valence-electron chi connectivity index (χ2n) is 5.86. The minimum absolute atomic E-state index is 0.158. The Labute approximate surface area is 173 Å². The van der Waals surface area contributed by atoms with Crippen molar-refractivity contribution >= 4 is 52.2 Å². The van der Waals surface area contributed by atoms with E-state index < -0.39 is 16.9 Å². The van der Waals surface area contributed by atoms with Crippen LogP contribution in [0, 0.1) is 10.1 Å². The van der Waals surface area contributed by atoms with Crippen LogP contribution in [0.15, 0.2) is 36.8 Å². The second kappa shape index (κ2) is 8.17. The monoisotopic (exact) mass is 442 g/mol. The van der Waals surface area contributed by atoms with E-state index in [4.69, 9.17) is 34.8 Å². The Morgan fingerprint density at radius 3 is 2.68 bits per heavy atom. The van der Waals surface area contributed by atoms with Crippen LogP contribution in [0.1, 0.15) is 18.5 Å². The van der Waals surface area contributed by atoms with E-state index in [1.165, 1.54) is 15.6 Å². The summed E-state index contributed by atoms with van der Waals surface area (Å²) in [5, 5.41) is 22.6. The van der Waals surface area contributed by atoms with Crippen LogP contribution in [0.4, 0.5) is 11.5 Å². The predicted molar refractivity (Wildman–Crippen MR) is 105 cm³/mol. The molecule has 0 saturated heterocycles. The van der Waals surface area contributed by atoms with Gasteiger partial charge in [-0.1, -0.05) is 40.9 Å². The highest BCUT2D eigenvalue weighted by Gasteiger charge is 2.21. The number of hydrogen-bond acceptors (Lipinski definition) is 5. The van der Waals surface area contributed by atoms with Crippen molar-refractivity contribution in [3.8, 4) is 0 Å². The van der Waals surface area contributed by atoms with Crippen LogP contribution >= 0.6 is 34.8 Å². The largest absolute Gasteiger partial charge is 0.307 e. The number of nitro groups is 1.